The number of aromatic carboxylic acids is 1. The van der Waals surface area contributed by atoms with Crippen molar-refractivity contribution in [2.75, 3.05) is 42.7 Å². The highest BCUT2D eigenvalue weighted by Gasteiger charge is 2.25. The van der Waals surface area contributed by atoms with Crippen molar-refractivity contribution in [3.8, 4) is 86.8 Å². The summed E-state index contributed by atoms with van der Waals surface area (Å²) in [5.41, 5.74) is 4.94. The molecule has 28 nitrogen and oxygen atoms in total. The summed E-state index contributed by atoms with van der Waals surface area (Å²) in [6.45, 7) is 8.21. The Labute approximate surface area is 929 Å². The molecular weight excluding hydrogens is 2220 g/mol. The predicted octanol–water partition coefficient (Wildman–Crippen LogP) is 31.9. The molecule has 0 atom stereocenters. The van der Waals surface area contributed by atoms with Crippen molar-refractivity contribution in [3.63, 3.8) is 0 Å². The Balaban J connectivity index is 0.000000302. The SMILES string of the molecule is C.CCCc1nc(Oc2ccc(Cl)cc2)ccc1C.CCCc1nc(Oc2ccc(Cl)cc2)ccc1C(=O)c1cc(O)c(Cl)cc1O.CCCc1nc(Oc2ccc(Cl)cc2)ccc1C(=O)c1cc(OC)c(Cl)cc1OC.COC(=O)c1ccc(Cl)nc1Cl.COC(=O)c1ccc(Oc2ccc(Cl)cc2)nc1Cl.COc1ccc(OC)c(Cl)c1.Clc1cccc(Cl)n1.NO.O=C(O)c1ccc(Cl)nc1Cl.Oc1ccc(Cl)cc1. The van der Waals surface area contributed by atoms with Gasteiger partial charge in [0.05, 0.1) is 96.9 Å². The number of rotatable bonds is 25. The third-order valence-electron chi connectivity index (χ3n) is 18.6. The molecule has 15 rings (SSSR count). The van der Waals surface area contributed by atoms with Crippen molar-refractivity contribution >= 4 is 203 Å². The fourth-order valence-corrected chi connectivity index (χ4v) is 14.3. The van der Waals surface area contributed by atoms with Gasteiger partial charge in [0, 0.05) is 84.4 Å². The molecule has 0 spiro atoms. The number of nitrogens with zero attached hydrogens (tertiary/aromatic N) is 7. The number of ketones is 2. The van der Waals surface area contributed by atoms with Gasteiger partial charge >= 0.3 is 17.9 Å². The second-order valence-electron chi connectivity index (χ2n) is 28.8. The number of esters is 2. The normalized spacial score (nSPS) is 9.94. The van der Waals surface area contributed by atoms with Gasteiger partial charge in [-0.05, 0) is 232 Å². The number of ether oxygens (including phenoxy) is 10. The lowest BCUT2D eigenvalue weighted by molar-refractivity contribution is 0.0591. The lowest BCUT2D eigenvalue weighted by atomic mass is 9.99. The number of halogens is 15. The van der Waals surface area contributed by atoms with Crippen LogP contribution in [0.1, 0.15) is 133 Å². The van der Waals surface area contributed by atoms with Crippen LogP contribution in [0.15, 0.2) is 255 Å². The van der Waals surface area contributed by atoms with Crippen LogP contribution in [0, 0.1) is 6.92 Å². The number of carbonyl (C=O) groups excluding carboxylic acids is 4. The molecule has 0 saturated heterocycles. The van der Waals surface area contributed by atoms with Crippen LogP contribution < -0.4 is 43.8 Å². The molecule has 0 aliphatic heterocycles. The topological polar surface area (TPSA) is 395 Å². The van der Waals surface area contributed by atoms with Crippen molar-refractivity contribution in [3.05, 3.63) is 393 Å². The molecule has 0 radical (unpaired) electrons. The van der Waals surface area contributed by atoms with E-state index in [1.165, 1.54) is 70.4 Å². The molecule has 8 aromatic carbocycles. The summed E-state index contributed by atoms with van der Waals surface area (Å²) in [6.07, 6.45) is 4.79. The summed E-state index contributed by atoms with van der Waals surface area (Å²) in [4.78, 5) is 87.4. The number of nitrogens with two attached hydrogens (primary N) is 1. The first-order valence-corrected chi connectivity index (χ1v) is 48.4. The molecule has 0 saturated carbocycles. The van der Waals surface area contributed by atoms with E-state index in [9.17, 15) is 34.2 Å². The Bertz CT molecular complexity index is 6810. The van der Waals surface area contributed by atoms with Crippen molar-refractivity contribution in [1.29, 1.82) is 0 Å². The Hall–Kier alpha value is -12.4. The van der Waals surface area contributed by atoms with Crippen LogP contribution in [0.3, 0.4) is 0 Å². The van der Waals surface area contributed by atoms with E-state index >= 15 is 0 Å². The number of hydrogen-bond donors (Lipinski definition) is 6. The largest absolute Gasteiger partial charge is 0.508 e. The summed E-state index contributed by atoms with van der Waals surface area (Å²) in [7, 11) is 8.70. The minimum Gasteiger partial charge on any atom is -0.508 e. The number of hydrogen-bond acceptors (Lipinski definition) is 27. The Kier molecular flexibility index (Phi) is 56.4. The third kappa shape index (κ3) is 42.3. The smallest absolute Gasteiger partial charge is 0.341 e. The van der Waals surface area contributed by atoms with E-state index in [4.69, 9.17) is 227 Å². The molecule has 7 aromatic heterocycles. The summed E-state index contributed by atoms with van der Waals surface area (Å²) in [5.74, 6) is 6.59. The molecule has 43 heteroatoms. The van der Waals surface area contributed by atoms with Gasteiger partial charge in [0.2, 0.25) is 23.5 Å². The molecule has 0 bridgehead atoms. The van der Waals surface area contributed by atoms with E-state index < -0.39 is 23.7 Å². The number of pyridine rings is 7. The van der Waals surface area contributed by atoms with E-state index in [-0.39, 0.29) is 89.4 Å². The van der Waals surface area contributed by atoms with Crippen molar-refractivity contribution in [1.82, 2.24) is 34.9 Å². The van der Waals surface area contributed by atoms with Crippen LogP contribution in [-0.2, 0) is 28.7 Å². The number of aromatic hydroxyl groups is 3. The van der Waals surface area contributed by atoms with Crippen molar-refractivity contribution in [2.24, 2.45) is 5.90 Å². The fraction of sp³-hybridized carbons (Fsp3) is 0.162. The van der Waals surface area contributed by atoms with Crippen LogP contribution in [-0.4, -0.2) is 133 Å². The average Bonchev–Trinajstić information content (AvgIpc) is 0.759. The maximum Gasteiger partial charge on any atom is 0.341 e. The van der Waals surface area contributed by atoms with Gasteiger partial charge in [-0.2, -0.15) is 0 Å². The number of aryl methyl sites for hydroxylation is 4. The van der Waals surface area contributed by atoms with Crippen molar-refractivity contribution in [2.45, 2.75) is 73.6 Å². The van der Waals surface area contributed by atoms with E-state index in [1.807, 2.05) is 38.1 Å². The van der Waals surface area contributed by atoms with Crippen LogP contribution >= 0.6 is 174 Å². The Morgan fingerprint density at radius 2 is 0.635 bits per heavy atom. The molecule has 0 aliphatic rings. The first-order valence-electron chi connectivity index (χ1n) is 42.7. The number of phenolic OH excluding ortho intramolecular Hbond substituents is 3. The molecule has 7 heterocycles. The second kappa shape index (κ2) is 66.2. The van der Waals surface area contributed by atoms with Crippen LogP contribution in [0.25, 0.3) is 0 Å². The number of aromatic nitrogens is 7. The highest BCUT2D eigenvalue weighted by Crippen LogP contribution is 2.39. The van der Waals surface area contributed by atoms with E-state index in [1.54, 1.807) is 196 Å². The minimum absolute atomic E-state index is 0. The zero-order chi connectivity index (χ0) is 109. The predicted molar refractivity (Wildman–Crippen MR) is 584 cm³/mol. The van der Waals surface area contributed by atoms with Crippen LogP contribution in [0.5, 0.6) is 86.8 Å². The molecule has 15 aromatic rings. The van der Waals surface area contributed by atoms with Crippen molar-refractivity contribution < 1.29 is 97.0 Å². The second-order valence-corrected chi connectivity index (χ2v) is 34.8. The van der Waals surface area contributed by atoms with Crippen LogP contribution in [0.2, 0.25) is 76.3 Å². The fourth-order valence-electron chi connectivity index (χ4n) is 11.6. The molecule has 0 fully saturated rings. The van der Waals surface area contributed by atoms with Gasteiger partial charge in [0.25, 0.3) is 0 Å². The lowest BCUT2D eigenvalue weighted by Crippen LogP contribution is -2.10. The number of phenols is 3. The molecular formula is C105H95Cl15N8O20. The standard InChI is InChI=1S/C23H21Cl2NO4.C21H17Cl2NO4.C15H16ClNO.C13H9Cl2NO3.C8H9ClO2.C7H5Cl2NO2.C6H3Cl2NO2.C6H5ClO.C5H3Cl2N.CH4.H3NO/c1-4-5-19-16(10-11-22(26-19)30-15-8-6-14(24)7-9-15)23(27)17-12-21(29-3)18(25)13-20(17)28-2;1-2-3-17-14(21(27)15-10-19(26)16(23)11-18(15)25)8-9-20(24-17)28-13-6-4-12(22)5-7-13;1-3-4-14-11(2)5-10-15(17-14)18-13-8-6-12(16)7-9-13;1-18-13(17)10-6-7-11(16-12(10)15)19-9-4-2-8(14)3-5-9;1-10-6-3-4-8(11-2)7(9)5-6;1-12-7(11)4-2-3-5(8)10-6(4)9;7-4-2-1-3(6(10)11)5(8)9-4;7-5-1-3-6(8)4-2-5;6-4-2-1-3-5(7)8-4;;1-2/h6-13H,4-5H2,1-3H3;4-11,25-26H,2-3H2,1H3;5-10H,3-4H2,1-2H3;2-7H,1H3;3-5H,1-2H3;2-3H,1H3;1-2H,(H,10,11);1-4,8H;1-3H;1H4;2H,1H2. The van der Waals surface area contributed by atoms with Crippen LogP contribution in [0.4, 0.5) is 0 Å². The summed E-state index contributed by atoms with van der Waals surface area (Å²) in [5, 5.41) is 48.9. The number of carboxylic acids is 1. The van der Waals surface area contributed by atoms with Gasteiger partial charge < -0.3 is 73.0 Å². The number of benzene rings is 8. The quantitative estimate of drug-likeness (QED) is 0.0102. The van der Waals surface area contributed by atoms with Gasteiger partial charge in [-0.3, -0.25) is 9.59 Å². The average molecular weight is 2320 g/mol. The van der Waals surface area contributed by atoms with Gasteiger partial charge in [-0.1, -0.05) is 234 Å². The summed E-state index contributed by atoms with van der Waals surface area (Å²) >= 11 is 85.4. The minimum atomic E-state index is -1.11. The molecule has 0 aliphatic carbocycles. The summed E-state index contributed by atoms with van der Waals surface area (Å²) in [6, 6.07) is 69.2. The molecule has 0 amide bonds. The molecule has 148 heavy (non-hydrogen) atoms. The van der Waals surface area contributed by atoms with Gasteiger partial charge in [-0.15, -0.1) is 0 Å². The Morgan fingerprint density at radius 3 is 0.986 bits per heavy atom. The monoisotopic (exact) mass is 2310 g/mol. The van der Waals surface area contributed by atoms with Gasteiger partial charge in [0.15, 0.2) is 11.6 Å². The lowest BCUT2D eigenvalue weighted by Gasteiger charge is -2.14. The third-order valence-corrected chi connectivity index (χ3v) is 22.4. The number of carbonyl (C=O) groups is 5. The highest BCUT2D eigenvalue weighted by atomic mass is 35.5. The maximum atomic E-state index is 13.3. The van der Waals surface area contributed by atoms with Gasteiger partial charge in [-0.25, -0.2) is 55.2 Å². The zero-order valence-corrected chi connectivity index (χ0v) is 90.6. The molecule has 7 N–H and O–H groups in total. The van der Waals surface area contributed by atoms with E-state index in [0.29, 0.717) is 139 Å². The number of methoxy groups -OCH3 is 6. The maximum absolute atomic E-state index is 13.3. The molecule has 780 valence electrons. The van der Waals surface area contributed by atoms with E-state index in [2.05, 4.69) is 64.1 Å². The first kappa shape index (κ1) is 126. The first-order chi connectivity index (χ1) is 70.2. The highest BCUT2D eigenvalue weighted by molar-refractivity contribution is 6.37. The number of carboxylic acid groups (broad SMARTS) is 1. The Morgan fingerprint density at radius 1 is 0.297 bits per heavy atom. The zero-order valence-electron chi connectivity index (χ0n) is 79.2. The van der Waals surface area contributed by atoms with E-state index in [0.717, 1.165) is 55.0 Å². The summed E-state index contributed by atoms with van der Waals surface area (Å²) < 4.78 is 52.3. The van der Waals surface area contributed by atoms with Gasteiger partial charge in [0.1, 0.15) is 99.3 Å². The molecule has 0 unspecified atom stereocenters.